The van der Waals surface area contributed by atoms with Crippen molar-refractivity contribution in [3.05, 3.63) is 56.8 Å². The normalized spacial score (nSPS) is 19.8. The van der Waals surface area contributed by atoms with Crippen LogP contribution in [0.4, 0.5) is 47.6 Å². The molecule has 0 radical (unpaired) electrons. The Labute approximate surface area is 300 Å². The minimum Gasteiger partial charge on any atom is -0.491 e. The third-order valence-electron chi connectivity index (χ3n) is 8.07. The van der Waals surface area contributed by atoms with E-state index in [1.54, 1.807) is 33.4 Å². The molecule has 2 aromatic carbocycles. The molecule has 2 saturated heterocycles. The first-order valence-corrected chi connectivity index (χ1v) is 16.6. The maximum atomic E-state index is 13.2. The minimum atomic E-state index is -4.60. The van der Waals surface area contributed by atoms with Gasteiger partial charge in [0.15, 0.2) is 23.7 Å². The Hall–Kier alpha value is -4.21. The number of halogens is 8. The number of rotatable bonds is 2. The van der Waals surface area contributed by atoms with Crippen molar-refractivity contribution in [3.8, 4) is 34.3 Å². The highest BCUT2D eigenvalue weighted by molar-refractivity contribution is 14.1. The molecule has 264 valence electrons. The van der Waals surface area contributed by atoms with Crippen LogP contribution in [0, 0.1) is 3.57 Å². The van der Waals surface area contributed by atoms with Crippen molar-refractivity contribution in [1.29, 1.82) is 0 Å². The van der Waals surface area contributed by atoms with Crippen molar-refractivity contribution in [2.75, 3.05) is 36.2 Å². The smallest absolute Gasteiger partial charge is 0.416 e. The number of carbonyl (C=O) groups is 2. The Bertz CT molecular complexity index is 1850. The summed E-state index contributed by atoms with van der Waals surface area (Å²) in [5, 5.41) is 0. The Morgan fingerprint density at radius 2 is 1.16 bits per heavy atom. The molecule has 0 spiro atoms. The van der Waals surface area contributed by atoms with E-state index in [9.17, 15) is 35.9 Å². The van der Waals surface area contributed by atoms with Gasteiger partial charge in [-0.3, -0.25) is 0 Å². The largest absolute Gasteiger partial charge is 0.491 e. The van der Waals surface area contributed by atoms with Gasteiger partial charge in [0.1, 0.15) is 49.6 Å². The maximum absolute atomic E-state index is 13.2. The van der Waals surface area contributed by atoms with Gasteiger partial charge in [-0.2, -0.15) is 26.3 Å². The van der Waals surface area contributed by atoms with E-state index in [1.807, 2.05) is 12.1 Å². The zero-order chi connectivity index (χ0) is 35.5. The number of alkyl halides is 6. The molecule has 20 heteroatoms. The minimum absolute atomic E-state index is 0.0776. The third-order valence-corrected chi connectivity index (χ3v) is 9.24. The quantitative estimate of drug-likeness (QED) is 0.156. The number of aromatic nitrogens is 4. The number of imidazole rings is 2. The molecule has 2 amide bonds. The highest BCUT2D eigenvalue weighted by Gasteiger charge is 2.53. The lowest BCUT2D eigenvalue weighted by Crippen LogP contribution is -2.44. The Morgan fingerprint density at radius 1 is 0.700 bits per heavy atom. The van der Waals surface area contributed by atoms with Gasteiger partial charge >= 0.3 is 24.5 Å². The van der Waals surface area contributed by atoms with E-state index in [0.29, 0.717) is 70.4 Å². The lowest BCUT2D eigenvalue weighted by atomic mass is 10.2. The lowest BCUT2D eigenvalue weighted by molar-refractivity contribution is -0.148. The number of benzene rings is 2. The average Bonchev–Trinajstić information content (AvgIpc) is 3.79. The van der Waals surface area contributed by atoms with Crippen LogP contribution in [0.2, 0.25) is 0 Å². The molecule has 2 aromatic heterocycles. The van der Waals surface area contributed by atoms with Gasteiger partial charge in [-0.05, 0) is 59.0 Å². The summed E-state index contributed by atoms with van der Waals surface area (Å²) in [6.45, 7) is 0.0173. The van der Waals surface area contributed by atoms with Gasteiger partial charge in [0.05, 0.1) is 24.2 Å². The molecule has 12 nitrogen and oxygen atoms in total. The molecule has 2 fully saturated rings. The van der Waals surface area contributed by atoms with E-state index in [-0.39, 0.29) is 11.6 Å². The van der Waals surface area contributed by atoms with E-state index in [1.165, 1.54) is 12.4 Å². The number of hydrogen-bond donors (Lipinski definition) is 0. The molecule has 0 unspecified atom stereocenters. The molecular weight excluding hydrogens is 861 g/mol. The number of nitrogens with zero attached hydrogens (tertiary/aromatic N) is 6. The summed E-state index contributed by atoms with van der Waals surface area (Å²) in [7, 11) is 0. The molecule has 4 aromatic rings. The van der Waals surface area contributed by atoms with Crippen molar-refractivity contribution >= 4 is 62.3 Å². The molecule has 8 rings (SSSR count). The molecule has 6 heterocycles. The standard InChI is InChI=1S/C15H11BrF3N3O3.C15H11F3IN3O3/c16-8-1-2-9-10(5-8)24-4-3-21-6-12(20-13(9)21)22-11(15(17,18)19)7-25-14(22)23;16-15(17,18)11-7-25-14(23)22(11)12-6-21-3-4-24-10-5-8(19)1-2-9(10)13(21)20-12/h2*1-2,5-6,11H,3-4,7H2/t2*11-/m00/s1. The van der Waals surface area contributed by atoms with E-state index >= 15 is 0 Å². The van der Waals surface area contributed by atoms with Gasteiger partial charge in [-0.1, -0.05) is 15.9 Å². The monoisotopic (exact) mass is 882 g/mol. The molecule has 0 aliphatic carbocycles. The van der Waals surface area contributed by atoms with Crippen molar-refractivity contribution < 1.29 is 54.9 Å². The first-order valence-electron chi connectivity index (χ1n) is 14.7. The van der Waals surface area contributed by atoms with Crippen LogP contribution in [0.15, 0.2) is 53.3 Å². The van der Waals surface area contributed by atoms with Crippen molar-refractivity contribution in [2.45, 2.75) is 37.5 Å². The first kappa shape index (κ1) is 34.2. The second-order valence-corrected chi connectivity index (χ2v) is 13.4. The number of carbonyl (C=O) groups excluding carboxylic acids is 2. The fourth-order valence-corrected chi connectivity index (χ4v) is 6.55. The third kappa shape index (κ3) is 6.42. The molecule has 0 bridgehead atoms. The summed E-state index contributed by atoms with van der Waals surface area (Å²) in [6, 6.07) is 6.73. The lowest BCUT2D eigenvalue weighted by Gasteiger charge is -2.21. The number of hydrogen-bond acceptors (Lipinski definition) is 8. The van der Waals surface area contributed by atoms with Gasteiger partial charge < -0.3 is 28.1 Å². The van der Waals surface area contributed by atoms with Crippen LogP contribution >= 0.6 is 38.5 Å². The van der Waals surface area contributed by atoms with Gasteiger partial charge in [-0.15, -0.1) is 0 Å². The summed E-state index contributed by atoms with van der Waals surface area (Å²) in [5.41, 5.74) is 1.31. The topological polar surface area (TPSA) is 113 Å². The molecule has 2 atom stereocenters. The van der Waals surface area contributed by atoms with E-state index < -0.39 is 49.8 Å². The van der Waals surface area contributed by atoms with Crippen LogP contribution in [0.3, 0.4) is 0 Å². The highest BCUT2D eigenvalue weighted by Crippen LogP contribution is 2.40. The number of amides is 2. The van der Waals surface area contributed by atoms with Crippen LogP contribution in [-0.2, 0) is 22.6 Å². The van der Waals surface area contributed by atoms with E-state index in [4.69, 9.17) is 9.47 Å². The second-order valence-electron chi connectivity index (χ2n) is 11.2. The van der Waals surface area contributed by atoms with Gasteiger partial charge in [0.25, 0.3) is 0 Å². The van der Waals surface area contributed by atoms with E-state index in [2.05, 4.69) is 58.0 Å². The van der Waals surface area contributed by atoms with Crippen LogP contribution in [0.25, 0.3) is 22.8 Å². The fraction of sp³-hybridized carbons (Fsp3) is 0.333. The number of fused-ring (bicyclic) bond motifs is 6. The zero-order valence-electron chi connectivity index (χ0n) is 25.2. The first-order chi connectivity index (χ1) is 23.7. The summed E-state index contributed by atoms with van der Waals surface area (Å²) in [6.07, 6.45) is -8.45. The Morgan fingerprint density at radius 3 is 1.64 bits per heavy atom. The average molecular weight is 883 g/mol. The summed E-state index contributed by atoms with van der Waals surface area (Å²) >= 11 is 5.50. The van der Waals surface area contributed by atoms with Gasteiger partial charge in [0, 0.05) is 20.4 Å². The van der Waals surface area contributed by atoms with Crippen LogP contribution in [0.5, 0.6) is 11.5 Å². The van der Waals surface area contributed by atoms with Gasteiger partial charge in [0.2, 0.25) is 0 Å². The number of anilines is 2. The Balaban J connectivity index is 0.000000157. The van der Waals surface area contributed by atoms with Crippen molar-refractivity contribution in [2.24, 2.45) is 0 Å². The number of cyclic esters (lactones) is 2. The SMILES string of the molecule is O=C1OC[C@@H](C(F)(F)F)N1c1cn2c(n1)-c1ccc(Br)cc1OCC2.O=C1OC[C@@H](C(F)(F)F)N1c1cn2c(n1)-c1ccc(I)cc1OCC2. The summed E-state index contributed by atoms with van der Waals surface area (Å²) < 4.78 is 105. The summed E-state index contributed by atoms with van der Waals surface area (Å²) in [5.74, 6) is 1.91. The van der Waals surface area contributed by atoms with Crippen LogP contribution < -0.4 is 19.3 Å². The van der Waals surface area contributed by atoms with Crippen molar-refractivity contribution in [1.82, 2.24) is 19.1 Å². The zero-order valence-corrected chi connectivity index (χ0v) is 28.9. The van der Waals surface area contributed by atoms with Crippen LogP contribution in [-0.4, -0.2) is 82.2 Å². The van der Waals surface area contributed by atoms with Crippen molar-refractivity contribution in [3.63, 3.8) is 0 Å². The van der Waals surface area contributed by atoms with Crippen LogP contribution in [0.1, 0.15) is 0 Å². The molecular formula is C30H22BrF6IN6O6. The van der Waals surface area contributed by atoms with Gasteiger partial charge in [-0.25, -0.2) is 29.4 Å². The number of ether oxygens (including phenoxy) is 4. The maximum Gasteiger partial charge on any atom is 0.416 e. The summed E-state index contributed by atoms with van der Waals surface area (Å²) in [4.78, 5) is 33.3. The Kier molecular flexibility index (Phi) is 8.79. The molecule has 50 heavy (non-hydrogen) atoms. The van der Waals surface area contributed by atoms with E-state index in [0.717, 1.165) is 8.04 Å². The predicted octanol–water partition coefficient (Wildman–Crippen LogP) is 7.03. The predicted molar refractivity (Wildman–Crippen MR) is 174 cm³/mol. The molecule has 0 saturated carbocycles. The molecule has 4 aliphatic heterocycles. The molecule has 4 aliphatic rings. The molecule has 0 N–H and O–H groups in total. The highest BCUT2D eigenvalue weighted by atomic mass is 127. The fourth-order valence-electron chi connectivity index (χ4n) is 5.75. The second kappa shape index (κ2) is 12.8.